The maximum Gasteiger partial charge on any atom is 0.335 e. The number of carbonyl (C=O) groups is 1. The van der Waals surface area contributed by atoms with Crippen LogP contribution >= 0.6 is 27.5 Å². The lowest BCUT2D eigenvalue weighted by molar-refractivity contribution is 0.0696. The van der Waals surface area contributed by atoms with Gasteiger partial charge in [-0.3, -0.25) is 0 Å². The molecule has 98 valence electrons. The van der Waals surface area contributed by atoms with E-state index in [1.54, 1.807) is 18.2 Å². The smallest absolute Gasteiger partial charge is 0.335 e. The second-order valence-corrected chi connectivity index (χ2v) is 5.16. The van der Waals surface area contributed by atoms with Gasteiger partial charge in [0.15, 0.2) is 0 Å². The van der Waals surface area contributed by atoms with Crippen molar-refractivity contribution < 1.29 is 14.6 Å². The van der Waals surface area contributed by atoms with E-state index in [0.717, 1.165) is 5.56 Å². The summed E-state index contributed by atoms with van der Waals surface area (Å²) in [6.45, 7) is 0.391. The molecular formula is C14H10BrClO3. The number of halogens is 2. The van der Waals surface area contributed by atoms with Gasteiger partial charge in [-0.1, -0.05) is 23.7 Å². The van der Waals surface area contributed by atoms with Crippen molar-refractivity contribution >= 4 is 33.5 Å². The standard InChI is InChI=1S/C14H10BrClO3/c15-12-7-10(14(17)18)3-6-13(12)19-8-9-1-4-11(16)5-2-9/h1-7H,8H2,(H,17,18). The van der Waals surface area contributed by atoms with Crippen molar-refractivity contribution in [2.75, 3.05) is 0 Å². The highest BCUT2D eigenvalue weighted by Crippen LogP contribution is 2.27. The summed E-state index contributed by atoms with van der Waals surface area (Å²) in [5.41, 5.74) is 1.20. The quantitative estimate of drug-likeness (QED) is 0.897. The minimum absolute atomic E-state index is 0.214. The van der Waals surface area contributed by atoms with Gasteiger partial charge in [-0.15, -0.1) is 0 Å². The van der Waals surface area contributed by atoms with Gasteiger partial charge in [0.1, 0.15) is 12.4 Å². The van der Waals surface area contributed by atoms with E-state index < -0.39 is 5.97 Å². The van der Waals surface area contributed by atoms with Crippen LogP contribution in [0.1, 0.15) is 15.9 Å². The van der Waals surface area contributed by atoms with Crippen LogP contribution in [-0.2, 0) is 6.61 Å². The molecule has 0 bridgehead atoms. The van der Waals surface area contributed by atoms with Gasteiger partial charge in [-0.05, 0) is 51.8 Å². The van der Waals surface area contributed by atoms with E-state index in [4.69, 9.17) is 21.4 Å². The van der Waals surface area contributed by atoms with Gasteiger partial charge in [0.2, 0.25) is 0 Å². The second kappa shape index (κ2) is 6.08. The molecule has 0 atom stereocenters. The van der Waals surface area contributed by atoms with E-state index in [1.807, 2.05) is 12.1 Å². The van der Waals surface area contributed by atoms with Crippen molar-refractivity contribution in [3.8, 4) is 5.75 Å². The molecule has 1 N–H and O–H groups in total. The molecule has 2 rings (SSSR count). The molecule has 5 heteroatoms. The van der Waals surface area contributed by atoms with Gasteiger partial charge in [-0.2, -0.15) is 0 Å². The molecule has 2 aromatic rings. The Morgan fingerprint density at radius 2 is 1.89 bits per heavy atom. The van der Waals surface area contributed by atoms with Gasteiger partial charge in [0.05, 0.1) is 10.0 Å². The molecule has 0 unspecified atom stereocenters. The maximum atomic E-state index is 10.8. The van der Waals surface area contributed by atoms with Gasteiger partial charge in [0.25, 0.3) is 0 Å². The average molecular weight is 342 g/mol. The van der Waals surface area contributed by atoms with Crippen molar-refractivity contribution in [3.63, 3.8) is 0 Å². The molecule has 3 nitrogen and oxygen atoms in total. The summed E-state index contributed by atoms with van der Waals surface area (Å²) >= 11 is 9.09. The number of ether oxygens (including phenoxy) is 1. The number of benzene rings is 2. The molecule has 0 fully saturated rings. The number of carboxylic acid groups (broad SMARTS) is 1. The fraction of sp³-hybridized carbons (Fsp3) is 0.0714. The maximum absolute atomic E-state index is 10.8. The van der Waals surface area contributed by atoms with E-state index in [-0.39, 0.29) is 5.56 Å². The first-order valence-electron chi connectivity index (χ1n) is 5.46. The Labute approximate surface area is 123 Å². The van der Waals surface area contributed by atoms with Crippen LogP contribution in [0.15, 0.2) is 46.9 Å². The topological polar surface area (TPSA) is 46.5 Å². The third-order valence-electron chi connectivity index (χ3n) is 2.49. The summed E-state index contributed by atoms with van der Waals surface area (Å²) in [6.07, 6.45) is 0. The molecule has 0 spiro atoms. The lowest BCUT2D eigenvalue weighted by Gasteiger charge is -2.09. The van der Waals surface area contributed by atoms with E-state index in [9.17, 15) is 4.79 Å². The van der Waals surface area contributed by atoms with Crippen molar-refractivity contribution in [1.82, 2.24) is 0 Å². The predicted molar refractivity (Wildman–Crippen MR) is 76.9 cm³/mol. The number of hydrogen-bond acceptors (Lipinski definition) is 2. The Hall–Kier alpha value is -1.52. The Bertz CT molecular complexity index is 596. The number of hydrogen-bond donors (Lipinski definition) is 1. The normalized spacial score (nSPS) is 10.2. The Balaban J connectivity index is 2.07. The second-order valence-electron chi connectivity index (χ2n) is 3.87. The SMILES string of the molecule is O=C(O)c1ccc(OCc2ccc(Cl)cc2)c(Br)c1. The monoisotopic (exact) mass is 340 g/mol. The molecule has 0 amide bonds. The Kier molecular flexibility index (Phi) is 4.45. The molecule has 0 radical (unpaired) electrons. The highest BCUT2D eigenvalue weighted by atomic mass is 79.9. The number of rotatable bonds is 4. The zero-order valence-corrected chi connectivity index (χ0v) is 12.1. The third-order valence-corrected chi connectivity index (χ3v) is 3.36. The lowest BCUT2D eigenvalue weighted by Crippen LogP contribution is -1.99. The van der Waals surface area contributed by atoms with Crippen LogP contribution in [-0.4, -0.2) is 11.1 Å². The first-order valence-corrected chi connectivity index (χ1v) is 6.63. The van der Waals surface area contributed by atoms with Crippen molar-refractivity contribution in [3.05, 3.63) is 63.1 Å². The van der Waals surface area contributed by atoms with E-state index in [0.29, 0.717) is 21.9 Å². The van der Waals surface area contributed by atoms with E-state index in [1.165, 1.54) is 12.1 Å². The number of aromatic carboxylic acids is 1. The summed E-state index contributed by atoms with van der Waals surface area (Å²) in [7, 11) is 0. The van der Waals surface area contributed by atoms with Crippen molar-refractivity contribution in [1.29, 1.82) is 0 Å². The molecule has 0 aromatic heterocycles. The summed E-state index contributed by atoms with van der Waals surface area (Å²) < 4.78 is 6.23. The van der Waals surface area contributed by atoms with Crippen LogP contribution in [0.5, 0.6) is 5.75 Å². The van der Waals surface area contributed by atoms with E-state index >= 15 is 0 Å². The summed E-state index contributed by atoms with van der Waals surface area (Å²) in [5.74, 6) is -0.370. The molecule has 0 saturated heterocycles. The molecule has 19 heavy (non-hydrogen) atoms. The van der Waals surface area contributed by atoms with E-state index in [2.05, 4.69) is 15.9 Å². The highest BCUT2D eigenvalue weighted by Gasteiger charge is 2.07. The summed E-state index contributed by atoms with van der Waals surface area (Å²) in [6, 6.07) is 12.0. The van der Waals surface area contributed by atoms with Crippen LogP contribution in [0.2, 0.25) is 5.02 Å². The van der Waals surface area contributed by atoms with Gasteiger partial charge >= 0.3 is 5.97 Å². The molecular weight excluding hydrogens is 332 g/mol. The fourth-order valence-corrected chi connectivity index (χ4v) is 2.11. The van der Waals surface area contributed by atoms with Crippen LogP contribution in [0, 0.1) is 0 Å². The summed E-state index contributed by atoms with van der Waals surface area (Å²) in [5, 5.41) is 9.54. The van der Waals surface area contributed by atoms with Crippen molar-refractivity contribution in [2.24, 2.45) is 0 Å². The molecule has 0 aliphatic carbocycles. The lowest BCUT2D eigenvalue weighted by atomic mass is 10.2. The average Bonchev–Trinajstić information content (AvgIpc) is 2.39. The van der Waals surface area contributed by atoms with Crippen LogP contribution < -0.4 is 4.74 Å². The minimum atomic E-state index is -0.968. The Morgan fingerprint density at radius 3 is 2.47 bits per heavy atom. The Morgan fingerprint density at radius 1 is 1.21 bits per heavy atom. The molecule has 0 aliphatic rings. The number of carboxylic acids is 1. The van der Waals surface area contributed by atoms with Crippen LogP contribution in [0.3, 0.4) is 0 Å². The summed E-state index contributed by atoms with van der Waals surface area (Å²) in [4.78, 5) is 10.8. The van der Waals surface area contributed by atoms with Crippen LogP contribution in [0.4, 0.5) is 0 Å². The van der Waals surface area contributed by atoms with Crippen molar-refractivity contribution in [2.45, 2.75) is 6.61 Å². The predicted octanol–water partition coefficient (Wildman–Crippen LogP) is 4.38. The fourth-order valence-electron chi connectivity index (χ4n) is 1.49. The largest absolute Gasteiger partial charge is 0.488 e. The van der Waals surface area contributed by atoms with Gasteiger partial charge in [0, 0.05) is 5.02 Å². The minimum Gasteiger partial charge on any atom is -0.488 e. The zero-order chi connectivity index (χ0) is 13.8. The van der Waals surface area contributed by atoms with Crippen LogP contribution in [0.25, 0.3) is 0 Å². The van der Waals surface area contributed by atoms with Gasteiger partial charge in [-0.25, -0.2) is 4.79 Å². The molecule has 0 saturated carbocycles. The molecule has 2 aromatic carbocycles. The molecule has 0 aliphatic heterocycles. The first kappa shape index (κ1) is 13.9. The molecule has 0 heterocycles. The van der Waals surface area contributed by atoms with Gasteiger partial charge < -0.3 is 9.84 Å². The third kappa shape index (κ3) is 3.72. The first-order chi connectivity index (χ1) is 9.06. The highest BCUT2D eigenvalue weighted by molar-refractivity contribution is 9.10. The zero-order valence-electron chi connectivity index (χ0n) is 9.77.